The van der Waals surface area contributed by atoms with Gasteiger partial charge in [-0.3, -0.25) is 14.7 Å². The van der Waals surface area contributed by atoms with Crippen molar-refractivity contribution in [3.05, 3.63) is 23.5 Å². The van der Waals surface area contributed by atoms with Crippen LogP contribution in [0.5, 0.6) is 5.75 Å². The third kappa shape index (κ3) is 5.17. The number of esters is 1. The summed E-state index contributed by atoms with van der Waals surface area (Å²) in [6.45, 7) is 9.10. The van der Waals surface area contributed by atoms with E-state index in [0.29, 0.717) is 13.2 Å². The van der Waals surface area contributed by atoms with Crippen LogP contribution in [0.1, 0.15) is 32.2 Å². The van der Waals surface area contributed by atoms with Crippen LogP contribution in [0.3, 0.4) is 0 Å². The average Bonchev–Trinajstić information content (AvgIpc) is 2.37. The molecule has 0 saturated heterocycles. The van der Waals surface area contributed by atoms with Crippen LogP contribution in [0.2, 0.25) is 0 Å². The van der Waals surface area contributed by atoms with Crippen molar-refractivity contribution in [3.8, 4) is 5.75 Å². The quantitative estimate of drug-likeness (QED) is 0.716. The van der Waals surface area contributed by atoms with E-state index in [2.05, 4.69) is 4.98 Å². The number of methoxy groups -OCH3 is 1. The number of hydrogen-bond donors (Lipinski definition) is 0. The first-order valence-electron chi connectivity index (χ1n) is 6.87. The van der Waals surface area contributed by atoms with E-state index < -0.39 is 0 Å². The fraction of sp³-hybridized carbons (Fsp3) is 0.600. The number of ether oxygens (including phenoxy) is 2. The molecule has 0 radical (unpaired) electrons. The van der Waals surface area contributed by atoms with Gasteiger partial charge in [0.2, 0.25) is 0 Å². The molecule has 0 aliphatic heterocycles. The van der Waals surface area contributed by atoms with Crippen molar-refractivity contribution < 1.29 is 14.3 Å². The highest BCUT2D eigenvalue weighted by Gasteiger charge is 2.16. The van der Waals surface area contributed by atoms with E-state index in [9.17, 15) is 4.79 Å². The molecule has 0 saturated carbocycles. The molecule has 5 heteroatoms. The molecule has 0 atom stereocenters. The van der Waals surface area contributed by atoms with Crippen LogP contribution in [0, 0.1) is 6.92 Å². The zero-order chi connectivity index (χ0) is 15.1. The Bertz CT molecular complexity index is 447. The number of rotatable bonds is 7. The van der Waals surface area contributed by atoms with E-state index in [1.807, 2.05) is 44.7 Å². The summed E-state index contributed by atoms with van der Waals surface area (Å²) in [5.74, 6) is 0.577. The van der Waals surface area contributed by atoms with E-state index in [-0.39, 0.29) is 18.6 Å². The van der Waals surface area contributed by atoms with Gasteiger partial charge in [-0.1, -0.05) is 0 Å². The highest BCUT2D eigenvalue weighted by molar-refractivity contribution is 5.71. The van der Waals surface area contributed by atoms with Crippen molar-refractivity contribution in [2.75, 3.05) is 20.3 Å². The summed E-state index contributed by atoms with van der Waals surface area (Å²) >= 11 is 0. The van der Waals surface area contributed by atoms with Crippen LogP contribution in [-0.2, 0) is 16.1 Å². The number of pyridine rings is 1. The molecule has 0 spiro atoms. The van der Waals surface area contributed by atoms with Gasteiger partial charge in [0, 0.05) is 30.4 Å². The number of aromatic nitrogens is 1. The average molecular weight is 280 g/mol. The van der Waals surface area contributed by atoms with Gasteiger partial charge in [0.05, 0.1) is 26.0 Å². The predicted molar refractivity (Wildman–Crippen MR) is 77.7 cm³/mol. The second-order valence-corrected chi connectivity index (χ2v) is 4.94. The van der Waals surface area contributed by atoms with Gasteiger partial charge in [-0.25, -0.2) is 0 Å². The van der Waals surface area contributed by atoms with Gasteiger partial charge in [0.15, 0.2) is 0 Å². The SMILES string of the molecule is CCOC(=O)CN(Cc1cc(OC)cc(C)n1)C(C)C. The predicted octanol–water partition coefficient (Wildman–Crippen LogP) is 2.17. The minimum absolute atomic E-state index is 0.208. The zero-order valence-corrected chi connectivity index (χ0v) is 13.0. The second-order valence-electron chi connectivity index (χ2n) is 4.94. The minimum atomic E-state index is -0.208. The zero-order valence-electron chi connectivity index (χ0n) is 13.0. The molecule has 1 aromatic heterocycles. The van der Waals surface area contributed by atoms with Crippen LogP contribution in [0.25, 0.3) is 0 Å². The normalized spacial score (nSPS) is 10.9. The smallest absolute Gasteiger partial charge is 0.320 e. The Labute approximate surface area is 120 Å². The molecule has 0 amide bonds. The lowest BCUT2D eigenvalue weighted by molar-refractivity contribution is -0.145. The Hall–Kier alpha value is -1.62. The fourth-order valence-electron chi connectivity index (χ4n) is 1.90. The van der Waals surface area contributed by atoms with Crippen LogP contribution < -0.4 is 4.74 Å². The molecule has 1 rings (SSSR count). The molecule has 20 heavy (non-hydrogen) atoms. The number of hydrogen-bond acceptors (Lipinski definition) is 5. The summed E-state index contributed by atoms with van der Waals surface area (Å²) in [5.41, 5.74) is 1.79. The molecule has 5 nitrogen and oxygen atoms in total. The molecular formula is C15H24N2O3. The van der Waals surface area contributed by atoms with Gasteiger partial charge in [0.1, 0.15) is 5.75 Å². The summed E-state index contributed by atoms with van der Waals surface area (Å²) in [7, 11) is 1.64. The Morgan fingerprint density at radius 3 is 2.65 bits per heavy atom. The van der Waals surface area contributed by atoms with Gasteiger partial charge in [-0.2, -0.15) is 0 Å². The van der Waals surface area contributed by atoms with E-state index in [1.54, 1.807) is 7.11 Å². The summed E-state index contributed by atoms with van der Waals surface area (Å²) in [6.07, 6.45) is 0. The lowest BCUT2D eigenvalue weighted by Gasteiger charge is -2.25. The highest BCUT2D eigenvalue weighted by atomic mass is 16.5. The Balaban J connectivity index is 2.79. The third-order valence-electron chi connectivity index (χ3n) is 2.95. The van der Waals surface area contributed by atoms with Crippen molar-refractivity contribution in [3.63, 3.8) is 0 Å². The van der Waals surface area contributed by atoms with E-state index in [4.69, 9.17) is 9.47 Å². The summed E-state index contributed by atoms with van der Waals surface area (Å²) in [5, 5.41) is 0. The second kappa shape index (κ2) is 7.85. The van der Waals surface area contributed by atoms with E-state index in [1.165, 1.54) is 0 Å². The largest absolute Gasteiger partial charge is 0.497 e. The van der Waals surface area contributed by atoms with Crippen molar-refractivity contribution >= 4 is 5.97 Å². The lowest BCUT2D eigenvalue weighted by Crippen LogP contribution is -2.36. The van der Waals surface area contributed by atoms with Gasteiger partial charge in [-0.05, 0) is 27.7 Å². The van der Waals surface area contributed by atoms with Crippen molar-refractivity contribution in [1.29, 1.82) is 0 Å². The maximum Gasteiger partial charge on any atom is 0.320 e. The summed E-state index contributed by atoms with van der Waals surface area (Å²) in [4.78, 5) is 18.1. The molecule has 1 heterocycles. The van der Waals surface area contributed by atoms with Crippen molar-refractivity contribution in [2.45, 2.75) is 40.3 Å². The molecule has 112 valence electrons. The monoisotopic (exact) mass is 280 g/mol. The number of nitrogens with zero attached hydrogens (tertiary/aromatic N) is 2. The third-order valence-corrected chi connectivity index (χ3v) is 2.95. The fourth-order valence-corrected chi connectivity index (χ4v) is 1.90. The molecule has 0 fully saturated rings. The molecule has 0 aliphatic rings. The summed E-state index contributed by atoms with van der Waals surface area (Å²) in [6, 6.07) is 4.01. The van der Waals surface area contributed by atoms with Gasteiger partial charge in [0.25, 0.3) is 0 Å². The molecular weight excluding hydrogens is 256 g/mol. The van der Waals surface area contributed by atoms with Crippen LogP contribution in [0.15, 0.2) is 12.1 Å². The van der Waals surface area contributed by atoms with E-state index >= 15 is 0 Å². The minimum Gasteiger partial charge on any atom is -0.497 e. The lowest BCUT2D eigenvalue weighted by atomic mass is 10.2. The molecule has 0 N–H and O–H groups in total. The van der Waals surface area contributed by atoms with Crippen LogP contribution >= 0.6 is 0 Å². The highest BCUT2D eigenvalue weighted by Crippen LogP contribution is 2.15. The molecule has 0 aromatic carbocycles. The van der Waals surface area contributed by atoms with Crippen molar-refractivity contribution in [2.24, 2.45) is 0 Å². The first-order valence-corrected chi connectivity index (χ1v) is 6.87. The van der Waals surface area contributed by atoms with Gasteiger partial charge in [-0.15, -0.1) is 0 Å². The van der Waals surface area contributed by atoms with Crippen molar-refractivity contribution in [1.82, 2.24) is 9.88 Å². The number of carbonyl (C=O) groups excluding carboxylic acids is 1. The first-order chi connectivity index (χ1) is 9.46. The van der Waals surface area contributed by atoms with E-state index in [0.717, 1.165) is 17.1 Å². The topological polar surface area (TPSA) is 51.7 Å². The Morgan fingerprint density at radius 2 is 2.10 bits per heavy atom. The Morgan fingerprint density at radius 1 is 1.40 bits per heavy atom. The standard InChI is InChI=1S/C15H24N2O3/c1-6-20-15(18)10-17(11(2)3)9-13-8-14(19-5)7-12(4)16-13/h7-8,11H,6,9-10H2,1-5H3. The number of carbonyl (C=O) groups is 1. The molecule has 0 bridgehead atoms. The van der Waals surface area contributed by atoms with Gasteiger partial charge >= 0.3 is 5.97 Å². The van der Waals surface area contributed by atoms with Crippen LogP contribution in [-0.4, -0.2) is 42.2 Å². The first kappa shape index (κ1) is 16.4. The molecule has 1 aromatic rings. The summed E-state index contributed by atoms with van der Waals surface area (Å²) < 4.78 is 10.3. The Kier molecular flexibility index (Phi) is 6.45. The molecule has 0 unspecified atom stereocenters. The van der Waals surface area contributed by atoms with Gasteiger partial charge < -0.3 is 9.47 Å². The molecule has 0 aliphatic carbocycles. The van der Waals surface area contributed by atoms with Crippen LogP contribution in [0.4, 0.5) is 0 Å². The maximum atomic E-state index is 11.6. The maximum absolute atomic E-state index is 11.6. The number of aryl methyl sites for hydroxylation is 1.